The van der Waals surface area contributed by atoms with Crippen LogP contribution in [0.5, 0.6) is 5.75 Å². The molecule has 2 fully saturated rings. The number of nitrogens with zero attached hydrogens (tertiary/aromatic N) is 1. The Morgan fingerprint density at radius 2 is 1.65 bits per heavy atom. The van der Waals surface area contributed by atoms with Crippen LogP contribution in [0.3, 0.4) is 0 Å². The SMILES string of the molecule is C=CCNC(=O)[C@H]1[C@@H]2C(=O)O[C@@H](c3ccccc3)[C@@H](c3ccccc3)N2[C@@H](c2ccccc2OCCO)[C@]12C(=O)Nc1ccc(C#CCCO)cc12. The Morgan fingerprint density at radius 3 is 2.37 bits per heavy atom. The molecule has 4 N–H and O–H groups in total. The number of esters is 1. The predicted octanol–water partition coefficient (Wildman–Crippen LogP) is 4.36. The maximum atomic E-state index is 15.1. The van der Waals surface area contributed by atoms with Gasteiger partial charge in [0.25, 0.3) is 0 Å². The molecule has 264 valence electrons. The van der Waals surface area contributed by atoms with Crippen molar-refractivity contribution in [3.63, 3.8) is 0 Å². The minimum Gasteiger partial charge on any atom is -0.491 e. The van der Waals surface area contributed by atoms with Crippen LogP contribution < -0.4 is 15.4 Å². The van der Waals surface area contributed by atoms with Crippen molar-refractivity contribution >= 4 is 23.5 Å². The van der Waals surface area contributed by atoms with Crippen LogP contribution in [0.1, 0.15) is 52.4 Å². The highest BCUT2D eigenvalue weighted by molar-refractivity contribution is 6.12. The van der Waals surface area contributed by atoms with Crippen molar-refractivity contribution in [1.29, 1.82) is 0 Å². The number of anilines is 1. The number of nitrogens with one attached hydrogen (secondary N) is 2. The maximum absolute atomic E-state index is 15.1. The number of para-hydroxylation sites is 1. The molecule has 0 aliphatic carbocycles. The van der Waals surface area contributed by atoms with Crippen LogP contribution >= 0.6 is 0 Å². The zero-order valence-corrected chi connectivity index (χ0v) is 28.4. The quantitative estimate of drug-likeness (QED) is 0.109. The van der Waals surface area contributed by atoms with Gasteiger partial charge in [-0.3, -0.25) is 19.3 Å². The number of amides is 2. The lowest BCUT2D eigenvalue weighted by molar-refractivity contribution is -0.178. The molecule has 0 bridgehead atoms. The van der Waals surface area contributed by atoms with E-state index in [4.69, 9.17) is 9.47 Å². The Bertz CT molecular complexity index is 2040. The van der Waals surface area contributed by atoms with E-state index in [1.165, 1.54) is 0 Å². The van der Waals surface area contributed by atoms with Gasteiger partial charge in [0.1, 0.15) is 29.9 Å². The van der Waals surface area contributed by atoms with Crippen LogP contribution in [0.4, 0.5) is 5.69 Å². The molecule has 52 heavy (non-hydrogen) atoms. The van der Waals surface area contributed by atoms with E-state index < -0.39 is 53.3 Å². The molecule has 3 heterocycles. The summed E-state index contributed by atoms with van der Waals surface area (Å²) < 4.78 is 12.6. The smallest absolute Gasteiger partial charge is 0.324 e. The number of cyclic esters (lactones) is 1. The Morgan fingerprint density at radius 1 is 0.942 bits per heavy atom. The van der Waals surface area contributed by atoms with Crippen LogP contribution in [-0.2, 0) is 24.5 Å². The first-order valence-corrected chi connectivity index (χ1v) is 17.3. The van der Waals surface area contributed by atoms with Crippen molar-refractivity contribution in [2.75, 3.05) is 31.7 Å². The molecule has 3 aliphatic heterocycles. The second-order valence-electron chi connectivity index (χ2n) is 12.9. The van der Waals surface area contributed by atoms with Crippen molar-refractivity contribution in [3.05, 3.63) is 144 Å². The fourth-order valence-electron chi connectivity index (χ4n) is 8.14. The number of rotatable bonds is 10. The summed E-state index contributed by atoms with van der Waals surface area (Å²) in [6, 6.07) is 28.8. The van der Waals surface area contributed by atoms with Crippen molar-refractivity contribution in [2.24, 2.45) is 5.92 Å². The van der Waals surface area contributed by atoms with Gasteiger partial charge >= 0.3 is 5.97 Å². The van der Waals surface area contributed by atoms with Crippen molar-refractivity contribution in [3.8, 4) is 17.6 Å². The Kier molecular flexibility index (Phi) is 9.92. The topological polar surface area (TPSA) is 137 Å². The van der Waals surface area contributed by atoms with Crippen LogP contribution in [0, 0.1) is 17.8 Å². The van der Waals surface area contributed by atoms with Crippen LogP contribution in [0.25, 0.3) is 0 Å². The summed E-state index contributed by atoms with van der Waals surface area (Å²) in [5.74, 6) is 3.52. The summed E-state index contributed by atoms with van der Waals surface area (Å²) in [4.78, 5) is 46.6. The van der Waals surface area contributed by atoms with Gasteiger partial charge in [-0.15, -0.1) is 6.58 Å². The standard InChI is InChI=1S/C42H39N3O7/c1-2-22-43-39(48)34-36-40(49)52-37(29-16-7-4-8-17-29)35(28-14-5-3-6-15-28)45(36)38(30-18-9-10-19-33(30)51-25-24-47)42(34)31-26-27(13-11-12-23-46)20-21-32(31)44-41(42)50/h2-10,14-21,26,34-38,46-47H,1,12,22-25H2,(H,43,48)(H,44,50)/t34-,35-,36-,37+,38+,42-/m1/s1. The van der Waals surface area contributed by atoms with Gasteiger partial charge in [0.2, 0.25) is 11.8 Å². The molecule has 0 saturated carbocycles. The van der Waals surface area contributed by atoms with Gasteiger partial charge in [0, 0.05) is 29.8 Å². The van der Waals surface area contributed by atoms with Gasteiger partial charge in [-0.1, -0.05) is 96.8 Å². The van der Waals surface area contributed by atoms with E-state index >= 15 is 4.79 Å². The van der Waals surface area contributed by atoms with Crippen LogP contribution in [0.2, 0.25) is 0 Å². The summed E-state index contributed by atoms with van der Waals surface area (Å²) in [7, 11) is 0. The Hall–Kier alpha value is -5.73. The molecule has 0 radical (unpaired) electrons. The number of carbonyl (C=O) groups excluding carboxylic acids is 3. The first-order valence-electron chi connectivity index (χ1n) is 17.3. The van der Waals surface area contributed by atoms with Crippen LogP contribution in [0.15, 0.2) is 116 Å². The van der Waals surface area contributed by atoms with E-state index in [9.17, 15) is 19.8 Å². The molecule has 3 aliphatic rings. The molecule has 7 rings (SSSR count). The van der Waals surface area contributed by atoms with Gasteiger partial charge in [-0.2, -0.15) is 0 Å². The minimum absolute atomic E-state index is 0.0203. The number of hydrogen-bond donors (Lipinski definition) is 4. The zero-order valence-electron chi connectivity index (χ0n) is 28.4. The number of aliphatic hydroxyl groups is 2. The monoisotopic (exact) mass is 697 g/mol. The maximum Gasteiger partial charge on any atom is 0.324 e. The number of fused-ring (bicyclic) bond motifs is 3. The average molecular weight is 698 g/mol. The number of aliphatic hydroxyl groups excluding tert-OH is 2. The van der Waals surface area contributed by atoms with E-state index in [-0.39, 0.29) is 32.8 Å². The molecule has 6 atom stereocenters. The highest BCUT2D eigenvalue weighted by atomic mass is 16.6. The lowest BCUT2D eigenvalue weighted by Crippen LogP contribution is -2.54. The van der Waals surface area contributed by atoms with Gasteiger partial charge in [0.15, 0.2) is 0 Å². The zero-order chi connectivity index (χ0) is 36.2. The molecule has 0 aromatic heterocycles. The normalized spacial score (nSPS) is 24.5. The van der Waals surface area contributed by atoms with Gasteiger partial charge in [0.05, 0.1) is 31.2 Å². The first kappa shape index (κ1) is 34.7. The van der Waals surface area contributed by atoms with Gasteiger partial charge in [-0.05, 0) is 41.0 Å². The van der Waals surface area contributed by atoms with Crippen molar-refractivity contribution < 1.29 is 34.1 Å². The van der Waals surface area contributed by atoms with Gasteiger partial charge in [-0.25, -0.2) is 0 Å². The summed E-state index contributed by atoms with van der Waals surface area (Å²) >= 11 is 0. The number of ether oxygens (including phenoxy) is 2. The molecule has 2 saturated heterocycles. The molecule has 4 aromatic rings. The average Bonchev–Trinajstić information content (AvgIpc) is 3.65. The molecule has 0 unspecified atom stereocenters. The second-order valence-corrected chi connectivity index (χ2v) is 12.9. The molecule has 1 spiro atoms. The number of benzene rings is 4. The fourth-order valence-corrected chi connectivity index (χ4v) is 8.14. The molecular weight excluding hydrogens is 658 g/mol. The minimum atomic E-state index is -1.71. The number of hydrogen-bond acceptors (Lipinski definition) is 8. The molecule has 2 amide bonds. The summed E-state index contributed by atoms with van der Waals surface area (Å²) in [6.45, 7) is 3.49. The van der Waals surface area contributed by atoms with Gasteiger partial charge < -0.3 is 30.3 Å². The molecular formula is C42H39N3O7. The summed E-state index contributed by atoms with van der Waals surface area (Å²) in [5.41, 5.74) is 1.97. The third kappa shape index (κ3) is 5.83. The van der Waals surface area contributed by atoms with E-state index in [2.05, 4.69) is 29.1 Å². The third-order valence-electron chi connectivity index (χ3n) is 10.0. The number of morpholine rings is 1. The third-order valence-corrected chi connectivity index (χ3v) is 10.0. The first-order chi connectivity index (χ1) is 25.4. The second kappa shape index (κ2) is 14.9. The summed E-state index contributed by atoms with van der Waals surface area (Å²) in [6.07, 6.45) is 0.986. The number of carbonyl (C=O) groups is 3. The van der Waals surface area contributed by atoms with E-state index in [1.54, 1.807) is 36.4 Å². The van der Waals surface area contributed by atoms with E-state index in [1.807, 2.05) is 77.7 Å². The van der Waals surface area contributed by atoms with Crippen molar-refractivity contribution in [1.82, 2.24) is 10.2 Å². The largest absolute Gasteiger partial charge is 0.491 e. The Balaban J connectivity index is 1.58. The Labute approximate surface area is 302 Å². The van der Waals surface area contributed by atoms with Crippen molar-refractivity contribution in [2.45, 2.75) is 36.1 Å². The van der Waals surface area contributed by atoms with Crippen LogP contribution in [-0.4, -0.2) is 65.3 Å². The lowest BCUT2D eigenvalue weighted by Gasteiger charge is -2.46. The van der Waals surface area contributed by atoms with E-state index in [0.29, 0.717) is 28.1 Å². The highest BCUT2D eigenvalue weighted by Gasteiger charge is 2.74. The summed E-state index contributed by atoms with van der Waals surface area (Å²) in [5, 5.41) is 25.2. The predicted molar refractivity (Wildman–Crippen MR) is 194 cm³/mol. The van der Waals surface area contributed by atoms with E-state index in [0.717, 1.165) is 11.1 Å². The lowest BCUT2D eigenvalue weighted by atomic mass is 9.65. The molecule has 4 aromatic carbocycles. The molecule has 10 heteroatoms. The fraction of sp³-hybridized carbons (Fsp3) is 0.262. The highest BCUT2D eigenvalue weighted by Crippen LogP contribution is 2.65. The molecule has 10 nitrogen and oxygen atoms in total.